The molecule has 2 saturated heterocycles. The lowest BCUT2D eigenvalue weighted by Crippen LogP contribution is -2.77. The predicted octanol–water partition coefficient (Wildman–Crippen LogP) is 3.69. The number of piperazine rings is 1. The van der Waals surface area contributed by atoms with E-state index in [0.717, 1.165) is 23.3 Å². The molecule has 144 valence electrons. The summed E-state index contributed by atoms with van der Waals surface area (Å²) in [4.78, 5) is 8.28. The van der Waals surface area contributed by atoms with Crippen LogP contribution in [0, 0.1) is 17.3 Å². The molecule has 0 unspecified atom stereocenters. The van der Waals surface area contributed by atoms with Crippen LogP contribution in [0.1, 0.15) is 66.2 Å². The molecular formula is C22H41N3. The van der Waals surface area contributed by atoms with E-state index in [0.29, 0.717) is 5.54 Å². The summed E-state index contributed by atoms with van der Waals surface area (Å²) in [5, 5.41) is 0. The van der Waals surface area contributed by atoms with Gasteiger partial charge in [-0.2, -0.15) is 0 Å². The van der Waals surface area contributed by atoms with Gasteiger partial charge in [0.1, 0.15) is 0 Å². The molecule has 0 aromatic rings. The summed E-state index contributed by atoms with van der Waals surface area (Å²) in [6.07, 6.45) is 8.81. The third-order valence-corrected chi connectivity index (χ3v) is 8.54. The Balaban J connectivity index is 1.14. The van der Waals surface area contributed by atoms with Crippen LogP contribution in [0.15, 0.2) is 0 Å². The van der Waals surface area contributed by atoms with E-state index >= 15 is 0 Å². The van der Waals surface area contributed by atoms with Crippen molar-refractivity contribution in [2.45, 2.75) is 77.8 Å². The Hall–Kier alpha value is -0.120. The van der Waals surface area contributed by atoms with Gasteiger partial charge < -0.3 is 9.80 Å². The first-order valence-electron chi connectivity index (χ1n) is 11.1. The van der Waals surface area contributed by atoms with Crippen molar-refractivity contribution < 1.29 is 0 Å². The molecule has 5 aliphatic rings. The first-order valence-corrected chi connectivity index (χ1v) is 11.1. The summed E-state index contributed by atoms with van der Waals surface area (Å²) in [6, 6.07) is 0.737. The fourth-order valence-electron chi connectivity index (χ4n) is 6.33. The molecule has 3 saturated carbocycles. The molecule has 0 aromatic carbocycles. The van der Waals surface area contributed by atoms with Crippen LogP contribution in [-0.4, -0.2) is 72.1 Å². The van der Waals surface area contributed by atoms with Gasteiger partial charge in [-0.1, -0.05) is 13.8 Å². The average molecular weight is 348 g/mol. The predicted molar refractivity (Wildman–Crippen MR) is 106 cm³/mol. The van der Waals surface area contributed by atoms with Gasteiger partial charge >= 0.3 is 0 Å². The summed E-state index contributed by atoms with van der Waals surface area (Å²) in [6.45, 7) is 18.9. The summed E-state index contributed by atoms with van der Waals surface area (Å²) in [5.74, 6) is 1.88. The Bertz CT molecular complexity index is 436. The molecule has 0 N–H and O–H groups in total. The van der Waals surface area contributed by atoms with Crippen LogP contribution < -0.4 is 0 Å². The minimum absolute atomic E-state index is 0.653. The van der Waals surface area contributed by atoms with Gasteiger partial charge in [0.15, 0.2) is 0 Å². The number of hydrogen-bond acceptors (Lipinski definition) is 3. The highest BCUT2D eigenvalue weighted by molar-refractivity contribution is 5.24. The van der Waals surface area contributed by atoms with Crippen molar-refractivity contribution in [3.05, 3.63) is 0 Å². The summed E-state index contributed by atoms with van der Waals surface area (Å²) < 4.78 is 0. The molecule has 3 aliphatic carbocycles. The lowest BCUT2D eigenvalue weighted by molar-refractivity contribution is -0.246. The van der Waals surface area contributed by atoms with Gasteiger partial charge in [-0.15, -0.1) is 0 Å². The van der Waals surface area contributed by atoms with Crippen molar-refractivity contribution in [2.24, 2.45) is 17.3 Å². The molecule has 3 nitrogen and oxygen atoms in total. The Kier molecular flexibility index (Phi) is 4.96. The molecule has 0 amide bonds. The number of hydrogen-bond donors (Lipinski definition) is 0. The van der Waals surface area contributed by atoms with Gasteiger partial charge in [0, 0.05) is 37.8 Å². The molecule has 0 radical (unpaired) electrons. The Morgan fingerprint density at radius 3 is 1.96 bits per heavy atom. The van der Waals surface area contributed by atoms with Gasteiger partial charge in [0.05, 0.1) is 0 Å². The Morgan fingerprint density at radius 1 is 0.840 bits per heavy atom. The molecule has 0 aromatic heterocycles. The SMILES string of the molecule is CC(C)N1CCC(CCN2CCN(C34CC(C(C)C)(C3)C4)CC2)CC1. The quantitative estimate of drug-likeness (QED) is 0.725. The minimum Gasteiger partial charge on any atom is -0.301 e. The monoisotopic (exact) mass is 347 g/mol. The highest BCUT2D eigenvalue weighted by atomic mass is 15.3. The second kappa shape index (κ2) is 6.80. The van der Waals surface area contributed by atoms with E-state index in [1.807, 2.05) is 0 Å². The summed E-state index contributed by atoms with van der Waals surface area (Å²) >= 11 is 0. The lowest BCUT2D eigenvalue weighted by Gasteiger charge is -2.76. The zero-order valence-corrected chi connectivity index (χ0v) is 17.3. The van der Waals surface area contributed by atoms with Crippen molar-refractivity contribution in [3.63, 3.8) is 0 Å². The van der Waals surface area contributed by atoms with Gasteiger partial charge in [-0.3, -0.25) is 4.90 Å². The third-order valence-electron chi connectivity index (χ3n) is 8.54. The molecule has 2 heterocycles. The Morgan fingerprint density at radius 2 is 1.44 bits per heavy atom. The van der Waals surface area contributed by atoms with Crippen molar-refractivity contribution in [3.8, 4) is 0 Å². The molecule has 5 fully saturated rings. The van der Waals surface area contributed by atoms with Crippen molar-refractivity contribution >= 4 is 0 Å². The van der Waals surface area contributed by atoms with E-state index in [9.17, 15) is 0 Å². The molecule has 0 spiro atoms. The van der Waals surface area contributed by atoms with Crippen molar-refractivity contribution in [1.82, 2.24) is 14.7 Å². The summed E-state index contributed by atoms with van der Waals surface area (Å²) in [7, 11) is 0. The molecule has 5 rings (SSSR count). The van der Waals surface area contributed by atoms with Crippen molar-refractivity contribution in [1.29, 1.82) is 0 Å². The number of rotatable bonds is 6. The molecule has 2 bridgehead atoms. The van der Waals surface area contributed by atoms with Crippen molar-refractivity contribution in [2.75, 3.05) is 45.8 Å². The number of piperidine rings is 1. The maximum atomic E-state index is 2.87. The third kappa shape index (κ3) is 3.30. The smallest absolute Gasteiger partial charge is 0.0226 e. The molecule has 25 heavy (non-hydrogen) atoms. The van der Waals surface area contributed by atoms with E-state index in [4.69, 9.17) is 0 Å². The molecule has 3 heteroatoms. The van der Waals surface area contributed by atoms with Crippen LogP contribution in [0.5, 0.6) is 0 Å². The van der Waals surface area contributed by atoms with Crippen LogP contribution in [0.4, 0.5) is 0 Å². The van der Waals surface area contributed by atoms with E-state index in [2.05, 4.69) is 42.4 Å². The average Bonchev–Trinajstić information content (AvgIpc) is 2.51. The standard InChI is InChI=1S/C22H41N3/c1-18(2)21-15-22(16-21,17-21)25-13-11-23(12-14-25)8-5-20-6-9-24(10-7-20)19(3)4/h18-20H,5-17H2,1-4H3. The first-order chi connectivity index (χ1) is 11.9. The number of nitrogens with zero attached hydrogens (tertiary/aromatic N) is 3. The largest absolute Gasteiger partial charge is 0.301 e. The van der Waals surface area contributed by atoms with Gasteiger partial charge in [-0.25, -0.2) is 0 Å². The maximum absolute atomic E-state index is 2.87. The fourth-order valence-corrected chi connectivity index (χ4v) is 6.33. The molecular weight excluding hydrogens is 306 g/mol. The Labute approximate surface area is 156 Å². The van der Waals surface area contributed by atoms with Gasteiger partial charge in [0.25, 0.3) is 0 Å². The second-order valence-electron chi connectivity index (χ2n) is 10.5. The highest BCUT2D eigenvalue weighted by Gasteiger charge is 2.70. The fraction of sp³-hybridized carbons (Fsp3) is 1.00. The highest BCUT2D eigenvalue weighted by Crippen LogP contribution is 2.72. The van der Waals surface area contributed by atoms with Crippen LogP contribution in [0.3, 0.4) is 0 Å². The van der Waals surface area contributed by atoms with Crippen LogP contribution in [-0.2, 0) is 0 Å². The normalized spacial score (nSPS) is 38.2. The molecule has 0 atom stereocenters. The second-order valence-corrected chi connectivity index (χ2v) is 10.5. The topological polar surface area (TPSA) is 9.72 Å². The van der Waals surface area contributed by atoms with E-state index in [-0.39, 0.29) is 0 Å². The van der Waals surface area contributed by atoms with Crippen LogP contribution >= 0.6 is 0 Å². The van der Waals surface area contributed by atoms with Gasteiger partial charge in [0.2, 0.25) is 0 Å². The molecule has 2 aliphatic heterocycles. The minimum atomic E-state index is 0.653. The zero-order valence-electron chi connectivity index (χ0n) is 17.3. The summed E-state index contributed by atoms with van der Waals surface area (Å²) in [5.41, 5.74) is 1.40. The van der Waals surface area contributed by atoms with Crippen LogP contribution in [0.25, 0.3) is 0 Å². The number of likely N-dealkylation sites (tertiary alicyclic amines) is 1. The first kappa shape index (κ1) is 18.3. The van der Waals surface area contributed by atoms with E-state index in [1.54, 1.807) is 0 Å². The van der Waals surface area contributed by atoms with E-state index < -0.39 is 0 Å². The zero-order chi connectivity index (χ0) is 17.7. The lowest BCUT2D eigenvalue weighted by atomic mass is 9.35. The maximum Gasteiger partial charge on any atom is 0.0226 e. The van der Waals surface area contributed by atoms with Gasteiger partial charge in [-0.05, 0) is 89.3 Å². The van der Waals surface area contributed by atoms with Crippen LogP contribution in [0.2, 0.25) is 0 Å². The van der Waals surface area contributed by atoms with E-state index in [1.165, 1.54) is 84.3 Å².